The van der Waals surface area contributed by atoms with E-state index in [1.807, 2.05) is 0 Å². The van der Waals surface area contributed by atoms with Crippen LogP contribution in [0.5, 0.6) is 0 Å². The van der Waals surface area contributed by atoms with Crippen LogP contribution in [0, 0.1) is 0 Å². The monoisotopic (exact) mass is 840 g/mol. The molecule has 3 nitrogen and oxygen atoms in total. The van der Waals surface area contributed by atoms with Gasteiger partial charge in [0.1, 0.15) is 0 Å². The zero-order chi connectivity index (χ0) is 74.5. The molecular formula is C60H39N3. The van der Waals surface area contributed by atoms with Crippen LogP contribution in [0.2, 0.25) is 0 Å². The van der Waals surface area contributed by atoms with Crippen LogP contribution in [0.15, 0.2) is 236 Å². The zero-order valence-electron chi connectivity index (χ0n) is 69.4. The molecule has 0 saturated carbocycles. The van der Waals surface area contributed by atoms with Crippen molar-refractivity contribution in [2.75, 3.05) is 0 Å². The summed E-state index contributed by atoms with van der Waals surface area (Å²) in [5.74, 6) is 0. The van der Waals surface area contributed by atoms with E-state index < -0.39 is 345 Å². The fourth-order valence-corrected chi connectivity index (χ4v) is 7.66. The van der Waals surface area contributed by atoms with E-state index in [2.05, 4.69) is 0 Å². The molecule has 0 N–H and O–H groups in total. The third-order valence-corrected chi connectivity index (χ3v) is 10.3. The van der Waals surface area contributed by atoms with Gasteiger partial charge in [-0.3, -0.25) is 0 Å². The van der Waals surface area contributed by atoms with Crippen LogP contribution in [0.4, 0.5) is 0 Å². The van der Waals surface area contributed by atoms with Gasteiger partial charge in [-0.1, -0.05) is 169 Å². The maximum Gasteiger partial charge on any atom is 0.0782 e. The maximum atomic E-state index is 10.5. The molecule has 3 heteroatoms. The van der Waals surface area contributed by atoms with E-state index >= 15 is 0 Å². The van der Waals surface area contributed by atoms with Gasteiger partial charge in [-0.2, -0.15) is 0 Å². The summed E-state index contributed by atoms with van der Waals surface area (Å²) in [6.07, 6.45) is 0. The third-order valence-electron chi connectivity index (χ3n) is 10.3. The summed E-state index contributed by atoms with van der Waals surface area (Å²) in [5, 5.41) is -4.41. The molecule has 294 valence electrons. The second-order valence-electron chi connectivity index (χ2n) is 13.6. The number of rotatable bonds is 6. The second kappa shape index (κ2) is 14.1. The first-order chi connectivity index (χ1) is 47.1. The van der Waals surface area contributed by atoms with E-state index in [0.29, 0.717) is 13.7 Å². The number of aromatic nitrogens is 3. The lowest BCUT2D eigenvalue weighted by Gasteiger charge is -2.17. The summed E-state index contributed by atoms with van der Waals surface area (Å²) < 4.78 is 354. The van der Waals surface area contributed by atoms with Crippen molar-refractivity contribution in [1.82, 2.24) is 13.7 Å². The highest BCUT2D eigenvalue weighted by atomic mass is 15.1. The summed E-state index contributed by atoms with van der Waals surface area (Å²) in [4.78, 5) is 0. The SMILES string of the molecule is [2H]c1c(-c2c([2H])c([2H])c([2H])c([2H])c2[2H])cc(-c2c([2H])c(-c3c([2H])c([2H])c([2H])c([2H])c3[2H])c([2H])c(-n3c4c([2H])c([2H])c([2H])c([2H])c4c4c([2H])c([2H])c([2H])c(-n5c6c([2H])c([2H])c([2H])c([2H])c6c6c([2H])c([2H])c(-n7c8c([2H])c([2H])c([2H])c([2H])c8c8c([2H])c([2H])c([2H])c([2H])c87)c([2H])c65)c43)c2[2H])c([2H])c1[2H]. The van der Waals surface area contributed by atoms with Crippen molar-refractivity contribution in [3.8, 4) is 50.4 Å². The van der Waals surface area contributed by atoms with Crippen molar-refractivity contribution >= 4 is 65.4 Å². The highest BCUT2D eigenvalue weighted by Gasteiger charge is 2.22. The van der Waals surface area contributed by atoms with Crippen LogP contribution < -0.4 is 0 Å². The molecule has 13 rings (SSSR count). The normalized spacial score (nSPS) is 20.3. The highest BCUT2D eigenvalue weighted by molar-refractivity contribution is 6.16. The van der Waals surface area contributed by atoms with Gasteiger partial charge in [0.25, 0.3) is 0 Å². The van der Waals surface area contributed by atoms with E-state index in [0.717, 1.165) is 6.07 Å². The van der Waals surface area contributed by atoms with Gasteiger partial charge >= 0.3 is 0 Å². The average molecular weight is 840 g/mol. The van der Waals surface area contributed by atoms with Crippen molar-refractivity contribution in [2.24, 2.45) is 0 Å². The molecule has 0 aliphatic carbocycles. The first kappa shape index (κ1) is 14.3. The Labute approximate surface area is 418 Å². The maximum absolute atomic E-state index is 10.5. The van der Waals surface area contributed by atoms with Gasteiger partial charge in [-0.05, 0) is 99.9 Å². The molecule has 0 amide bonds. The van der Waals surface area contributed by atoms with Gasteiger partial charge in [-0.25, -0.2) is 0 Å². The number of benzene rings is 10. The molecule has 63 heavy (non-hydrogen) atoms. The van der Waals surface area contributed by atoms with Crippen LogP contribution in [-0.4, -0.2) is 13.7 Å². The summed E-state index contributed by atoms with van der Waals surface area (Å²) in [7, 11) is 0. The zero-order valence-corrected chi connectivity index (χ0v) is 31.4. The van der Waals surface area contributed by atoms with Crippen LogP contribution in [0.1, 0.15) is 52.1 Å². The molecule has 3 heterocycles. The number of para-hydroxylation sites is 5. The third kappa shape index (κ3) is 5.53. The minimum atomic E-state index is -1.31. The predicted octanol–water partition coefficient (Wildman–Crippen LogP) is 16.0. The van der Waals surface area contributed by atoms with Gasteiger partial charge in [0.05, 0.1) is 90.9 Å². The van der Waals surface area contributed by atoms with Crippen molar-refractivity contribution in [3.63, 3.8) is 0 Å². The molecule has 0 radical (unpaired) electrons. The largest absolute Gasteiger partial charge is 0.309 e. The van der Waals surface area contributed by atoms with Gasteiger partial charge < -0.3 is 13.7 Å². The molecule has 10 aromatic carbocycles. The van der Waals surface area contributed by atoms with E-state index in [9.17, 15) is 24.7 Å². The van der Waals surface area contributed by atoms with Crippen molar-refractivity contribution in [2.45, 2.75) is 0 Å². The van der Waals surface area contributed by atoms with Crippen LogP contribution in [-0.2, 0) is 0 Å². The summed E-state index contributed by atoms with van der Waals surface area (Å²) in [6.45, 7) is 0. The van der Waals surface area contributed by atoms with E-state index in [1.165, 1.54) is 0 Å². The lowest BCUT2D eigenvalue weighted by atomic mass is 9.95. The fourth-order valence-electron chi connectivity index (χ4n) is 7.66. The number of hydrogen-bond donors (Lipinski definition) is 0. The Morgan fingerprint density at radius 1 is 0.254 bits per heavy atom. The van der Waals surface area contributed by atoms with E-state index in [-0.39, 0.29) is 0 Å². The number of fused-ring (bicyclic) bond motifs is 9. The number of nitrogens with zero attached hydrogens (tertiary/aromatic N) is 3. The van der Waals surface area contributed by atoms with Gasteiger partial charge in [0.15, 0.2) is 0 Å². The van der Waals surface area contributed by atoms with Gasteiger partial charge in [0, 0.05) is 43.7 Å². The molecule has 3 aromatic heterocycles. The fraction of sp³-hybridized carbons (Fsp3) is 0. The summed E-state index contributed by atoms with van der Waals surface area (Å²) in [5.41, 5.74) is -13.9. The predicted molar refractivity (Wildman–Crippen MR) is 266 cm³/mol. The Kier molecular flexibility index (Phi) is 3.21. The molecule has 0 saturated heterocycles. The first-order valence-electron chi connectivity index (χ1n) is 37.6. The molecule has 0 fully saturated rings. The van der Waals surface area contributed by atoms with Gasteiger partial charge in [-0.15, -0.1) is 0 Å². The van der Waals surface area contributed by atoms with Crippen molar-refractivity contribution < 1.29 is 52.1 Å². The van der Waals surface area contributed by atoms with Crippen LogP contribution >= 0.6 is 0 Å². The number of hydrogen-bond acceptors (Lipinski definition) is 0. The molecule has 0 bridgehead atoms. The molecule has 0 atom stereocenters. The van der Waals surface area contributed by atoms with E-state index in [1.54, 1.807) is 0 Å². The van der Waals surface area contributed by atoms with E-state index in [4.69, 9.17) is 27.4 Å². The highest BCUT2D eigenvalue weighted by Crippen LogP contribution is 2.42. The Morgan fingerprint density at radius 2 is 0.683 bits per heavy atom. The van der Waals surface area contributed by atoms with Crippen molar-refractivity contribution in [1.29, 1.82) is 0 Å². The minimum absolute atomic E-state index is 0.564. The quantitative estimate of drug-likeness (QED) is 0.158. The van der Waals surface area contributed by atoms with Gasteiger partial charge in [0.2, 0.25) is 0 Å². The summed E-state index contributed by atoms with van der Waals surface area (Å²) in [6, 6.07) is -39.7. The molecule has 13 aromatic rings. The Bertz CT molecular complexity index is 6040. The lowest BCUT2D eigenvalue weighted by molar-refractivity contribution is 1.13. The topological polar surface area (TPSA) is 14.8 Å². The van der Waals surface area contributed by atoms with Crippen LogP contribution in [0.25, 0.3) is 116 Å². The molecule has 0 spiro atoms. The summed E-state index contributed by atoms with van der Waals surface area (Å²) >= 11 is 0. The van der Waals surface area contributed by atoms with Crippen LogP contribution in [0.3, 0.4) is 0 Å². The molecule has 0 aliphatic rings. The smallest absolute Gasteiger partial charge is 0.0782 e. The first-order valence-corrected chi connectivity index (χ1v) is 18.6. The average Bonchev–Trinajstić information content (AvgIpc) is 1.53. The Hall–Kier alpha value is -8.40. The molecule has 0 unspecified atom stereocenters. The Balaban J connectivity index is 1.35. The minimum Gasteiger partial charge on any atom is -0.309 e. The Morgan fingerprint density at radius 3 is 1.30 bits per heavy atom. The van der Waals surface area contributed by atoms with Crippen molar-refractivity contribution in [3.05, 3.63) is 236 Å². The lowest BCUT2D eigenvalue weighted by Crippen LogP contribution is -2.02. The standard InChI is InChI=1S/C60H39N3/c1-3-17-40(18-4-1)42-21-15-22-43(35-42)45-36-44(41-19-5-2-6-20-41)37-47(38-45)62-56-30-13-10-26-51(56)53-27-16-32-58(60(53)62)63-57-31-14-9-25-50(57)52-34-33-46(39-59(52)63)61-54-28-11-7-23-48(54)49-24-8-12-29-55(49)61/h1-39H/i1D,2D,3D,4D,5D,6D,7D,8D,9D,10D,11D,12D,13D,14D,15D,16D,17D,18D,19D,20D,21D,22D,23D,24D,25D,26D,27D,28D,29D,30D,31D,32D,33D,34D,36D,37D,38D,39D. The second-order valence-corrected chi connectivity index (χ2v) is 13.6. The molecule has 0 aliphatic heterocycles. The molecular weight excluding hydrogens is 763 g/mol.